The summed E-state index contributed by atoms with van der Waals surface area (Å²) in [4.78, 5) is 12.8. The number of hydrogen-bond acceptors (Lipinski definition) is 2. The minimum Gasteiger partial charge on any atom is -0.456 e. The lowest BCUT2D eigenvalue weighted by molar-refractivity contribution is 0.00708. The number of hydrogen-bond donors (Lipinski definition) is 0. The van der Waals surface area contributed by atoms with E-state index in [9.17, 15) is 4.79 Å². The molecule has 0 radical (unpaired) electrons. The first-order valence-electron chi connectivity index (χ1n) is 9.33. The lowest BCUT2D eigenvalue weighted by atomic mass is 9.99. The molecule has 0 spiro atoms. The molecule has 0 aromatic heterocycles. The summed E-state index contributed by atoms with van der Waals surface area (Å²) in [6.45, 7) is 17.1. The number of ether oxygens (including phenoxy) is 1. The number of unbranched alkanes of at least 4 members (excludes halogenated alkanes) is 3. The van der Waals surface area contributed by atoms with Crippen LogP contribution < -0.4 is 5.19 Å². The maximum Gasteiger partial charge on any atom is 0.338 e. The molecular weight excluding hydrogens is 312 g/mol. The minimum absolute atomic E-state index is 0.172. The molecule has 0 N–H and O–H groups in total. The van der Waals surface area contributed by atoms with Crippen LogP contribution in [0.2, 0.25) is 19.6 Å². The van der Waals surface area contributed by atoms with Crippen LogP contribution in [0.25, 0.3) is 0 Å². The van der Waals surface area contributed by atoms with E-state index in [0.29, 0.717) is 0 Å². The highest BCUT2D eigenvalue weighted by Gasteiger charge is 2.27. The van der Waals surface area contributed by atoms with E-state index in [2.05, 4.69) is 45.6 Å². The zero-order valence-electron chi connectivity index (χ0n) is 17.0. The second-order valence-corrected chi connectivity index (χ2v) is 13.9. The number of aryl methyl sites for hydroxylation is 2. The predicted molar refractivity (Wildman–Crippen MR) is 107 cm³/mol. The number of carbonyl (C=O) groups is 1. The summed E-state index contributed by atoms with van der Waals surface area (Å²) in [5.74, 6) is -0.172. The summed E-state index contributed by atoms with van der Waals surface area (Å²) >= 11 is 0. The fourth-order valence-electron chi connectivity index (χ4n) is 2.89. The van der Waals surface area contributed by atoms with Crippen molar-refractivity contribution in [1.29, 1.82) is 0 Å². The van der Waals surface area contributed by atoms with Crippen molar-refractivity contribution in [3.05, 3.63) is 28.8 Å². The summed E-state index contributed by atoms with van der Waals surface area (Å²) in [6, 6.07) is 4.36. The maximum absolute atomic E-state index is 12.8. The molecule has 0 heterocycles. The Morgan fingerprint density at radius 1 is 1.08 bits per heavy atom. The molecule has 136 valence electrons. The normalized spacial score (nSPS) is 12.3. The van der Waals surface area contributed by atoms with Gasteiger partial charge in [-0.2, -0.15) is 0 Å². The first-order valence-corrected chi connectivity index (χ1v) is 12.8. The van der Waals surface area contributed by atoms with E-state index in [1.54, 1.807) is 0 Å². The first-order chi connectivity index (χ1) is 11.0. The smallest absolute Gasteiger partial charge is 0.338 e. The summed E-state index contributed by atoms with van der Waals surface area (Å²) in [5, 5.41) is 1.21. The average Bonchev–Trinajstić information content (AvgIpc) is 2.41. The Bertz CT molecular complexity index is 562. The highest BCUT2D eigenvalue weighted by Crippen LogP contribution is 2.20. The average molecular weight is 349 g/mol. The lowest BCUT2D eigenvalue weighted by Crippen LogP contribution is -2.43. The molecule has 3 heteroatoms. The van der Waals surface area contributed by atoms with Gasteiger partial charge in [0.2, 0.25) is 0 Å². The van der Waals surface area contributed by atoms with Gasteiger partial charge in [-0.25, -0.2) is 4.79 Å². The van der Waals surface area contributed by atoms with Crippen molar-refractivity contribution in [3.63, 3.8) is 0 Å². The maximum atomic E-state index is 12.8. The van der Waals surface area contributed by atoms with Gasteiger partial charge in [0, 0.05) is 0 Å². The Balaban J connectivity index is 3.18. The van der Waals surface area contributed by atoms with E-state index in [4.69, 9.17) is 4.74 Å². The molecule has 1 aromatic rings. The predicted octanol–water partition coefficient (Wildman–Crippen LogP) is 5.62. The van der Waals surface area contributed by atoms with E-state index < -0.39 is 13.7 Å². The van der Waals surface area contributed by atoms with Gasteiger partial charge in [0.25, 0.3) is 0 Å². The Labute approximate surface area is 150 Å². The number of benzene rings is 1. The summed E-state index contributed by atoms with van der Waals surface area (Å²) in [6.07, 6.45) is 6.03. The van der Waals surface area contributed by atoms with E-state index in [1.165, 1.54) is 42.0 Å². The largest absolute Gasteiger partial charge is 0.456 e. The van der Waals surface area contributed by atoms with Gasteiger partial charge in [0.1, 0.15) is 5.60 Å². The van der Waals surface area contributed by atoms with Crippen LogP contribution in [0.15, 0.2) is 12.1 Å². The fraction of sp³-hybridized carbons (Fsp3) is 0.667. The van der Waals surface area contributed by atoms with Crippen molar-refractivity contribution in [3.8, 4) is 0 Å². The number of rotatable bonds is 7. The van der Waals surface area contributed by atoms with Crippen molar-refractivity contribution in [1.82, 2.24) is 0 Å². The molecular formula is C21H36O2Si. The van der Waals surface area contributed by atoms with Gasteiger partial charge in [-0.3, -0.25) is 0 Å². The highest BCUT2D eigenvalue weighted by molar-refractivity contribution is 6.89. The molecule has 0 unspecified atom stereocenters. The zero-order chi connectivity index (χ0) is 18.5. The second kappa shape index (κ2) is 8.33. The van der Waals surface area contributed by atoms with Gasteiger partial charge >= 0.3 is 5.97 Å². The molecule has 2 nitrogen and oxygen atoms in total. The molecule has 0 atom stereocenters. The van der Waals surface area contributed by atoms with Crippen LogP contribution in [-0.2, 0) is 11.2 Å². The number of carbonyl (C=O) groups excluding carboxylic acids is 1. The fourth-order valence-corrected chi connectivity index (χ4v) is 4.52. The topological polar surface area (TPSA) is 26.3 Å². The van der Waals surface area contributed by atoms with E-state index in [-0.39, 0.29) is 5.97 Å². The molecule has 0 fully saturated rings. The molecule has 1 aromatic carbocycles. The molecule has 0 saturated heterocycles. The van der Waals surface area contributed by atoms with Gasteiger partial charge < -0.3 is 4.74 Å². The third-order valence-corrected chi connectivity index (χ3v) is 6.23. The Hall–Kier alpha value is -1.09. The van der Waals surface area contributed by atoms with Crippen molar-refractivity contribution in [2.75, 3.05) is 0 Å². The van der Waals surface area contributed by atoms with Crippen molar-refractivity contribution < 1.29 is 9.53 Å². The van der Waals surface area contributed by atoms with Crippen LogP contribution in [-0.4, -0.2) is 19.6 Å². The molecule has 24 heavy (non-hydrogen) atoms. The van der Waals surface area contributed by atoms with Crippen LogP contribution >= 0.6 is 0 Å². The highest BCUT2D eigenvalue weighted by atomic mass is 28.3. The number of esters is 1. The van der Waals surface area contributed by atoms with Crippen LogP contribution in [0.1, 0.15) is 74.9 Å². The Morgan fingerprint density at radius 3 is 2.21 bits per heavy atom. The lowest BCUT2D eigenvalue weighted by Gasteiger charge is -2.25. The zero-order valence-corrected chi connectivity index (χ0v) is 18.0. The Morgan fingerprint density at radius 2 is 1.71 bits per heavy atom. The molecule has 0 aliphatic rings. The summed E-state index contributed by atoms with van der Waals surface area (Å²) in [5.41, 5.74) is 2.95. The van der Waals surface area contributed by atoms with E-state index in [0.717, 1.165) is 12.0 Å². The van der Waals surface area contributed by atoms with Gasteiger partial charge in [-0.1, -0.05) is 51.9 Å². The molecule has 0 bridgehead atoms. The van der Waals surface area contributed by atoms with Crippen LogP contribution in [0.4, 0.5) is 0 Å². The molecule has 0 amide bonds. The van der Waals surface area contributed by atoms with Crippen molar-refractivity contribution in [2.45, 2.75) is 92.0 Å². The van der Waals surface area contributed by atoms with Crippen molar-refractivity contribution >= 4 is 19.2 Å². The molecule has 1 rings (SSSR count). The third kappa shape index (κ3) is 6.43. The minimum atomic E-state index is -1.62. The van der Waals surface area contributed by atoms with Gasteiger partial charge in [0.05, 0.1) is 13.6 Å². The molecule has 0 aliphatic heterocycles. The monoisotopic (exact) mass is 348 g/mol. The van der Waals surface area contributed by atoms with Crippen LogP contribution in [0.3, 0.4) is 0 Å². The van der Waals surface area contributed by atoms with E-state index in [1.807, 2.05) is 20.8 Å². The summed E-state index contributed by atoms with van der Waals surface area (Å²) in [7, 11) is -1.62. The van der Waals surface area contributed by atoms with Gasteiger partial charge in [-0.15, -0.1) is 0 Å². The second-order valence-electron chi connectivity index (χ2n) is 8.89. The van der Waals surface area contributed by atoms with Crippen LogP contribution in [0, 0.1) is 6.92 Å². The SMILES string of the molecule is CCCCCCc1cc(C(=O)OC(C)(C)C)c([Si](C)(C)C)cc1C. The van der Waals surface area contributed by atoms with E-state index >= 15 is 0 Å². The molecule has 0 saturated carbocycles. The van der Waals surface area contributed by atoms with Gasteiger partial charge in [-0.05, 0) is 62.9 Å². The van der Waals surface area contributed by atoms with Crippen LogP contribution in [0.5, 0.6) is 0 Å². The van der Waals surface area contributed by atoms with Crippen molar-refractivity contribution in [2.24, 2.45) is 0 Å². The molecule has 0 aliphatic carbocycles. The summed E-state index contributed by atoms with van der Waals surface area (Å²) < 4.78 is 5.68. The first kappa shape index (κ1) is 21.0. The Kier molecular flexibility index (Phi) is 7.27. The third-order valence-electron chi connectivity index (χ3n) is 4.20. The van der Waals surface area contributed by atoms with Gasteiger partial charge in [0.15, 0.2) is 0 Å². The standard InChI is InChI=1S/C21H36O2Si/c1-9-10-11-12-13-17-15-18(20(22)23-21(3,4)5)19(14-16(17)2)24(6,7)8/h14-15H,9-13H2,1-8H3. The quantitative estimate of drug-likeness (QED) is 0.363.